The van der Waals surface area contributed by atoms with E-state index in [1.54, 1.807) is 0 Å². The Morgan fingerprint density at radius 3 is 2.10 bits per heavy atom. The first kappa shape index (κ1) is 19.2. The van der Waals surface area contributed by atoms with Crippen LogP contribution in [0.25, 0.3) is 0 Å². The Bertz CT molecular complexity index is 252. The van der Waals surface area contributed by atoms with Gasteiger partial charge in [-0.05, 0) is 12.8 Å². The van der Waals surface area contributed by atoms with Gasteiger partial charge in [0.25, 0.3) is 0 Å². The molecule has 4 N–H and O–H groups in total. The Labute approximate surface area is 122 Å². The number of nitrogens with zero attached hydrogens (tertiary/aromatic N) is 2. The molecule has 20 heavy (non-hydrogen) atoms. The van der Waals surface area contributed by atoms with E-state index in [4.69, 9.17) is 20.9 Å². The maximum atomic E-state index is 5.38. The summed E-state index contributed by atoms with van der Waals surface area (Å²) in [6.45, 7) is 7.10. The van der Waals surface area contributed by atoms with Crippen molar-refractivity contribution in [2.45, 2.75) is 39.5 Å². The van der Waals surface area contributed by atoms with E-state index in [9.17, 15) is 0 Å². The van der Waals surface area contributed by atoms with E-state index >= 15 is 0 Å². The molecule has 0 aromatic heterocycles. The Morgan fingerprint density at radius 2 is 1.55 bits per heavy atom. The van der Waals surface area contributed by atoms with Crippen LogP contribution in [0.5, 0.6) is 0 Å². The first-order chi connectivity index (χ1) is 9.79. The molecular formula is C14H30N4O2. The molecule has 0 bridgehead atoms. The van der Waals surface area contributed by atoms with Gasteiger partial charge in [0.2, 0.25) is 0 Å². The van der Waals surface area contributed by atoms with Gasteiger partial charge in [0, 0.05) is 6.54 Å². The monoisotopic (exact) mass is 286 g/mol. The fraction of sp³-hybridized carbons (Fsp3) is 0.857. The van der Waals surface area contributed by atoms with Crippen LogP contribution in [-0.2, 0) is 9.47 Å². The minimum atomic E-state index is 0.238. The molecule has 0 rings (SSSR count). The maximum Gasteiger partial charge on any atom is 0.137 e. The molecule has 0 saturated carbocycles. The summed E-state index contributed by atoms with van der Waals surface area (Å²) >= 11 is 0. The lowest BCUT2D eigenvalue weighted by atomic mass is 10.1. The van der Waals surface area contributed by atoms with E-state index in [0.29, 0.717) is 33.0 Å². The van der Waals surface area contributed by atoms with Crippen LogP contribution in [0.3, 0.4) is 0 Å². The Kier molecular flexibility index (Phi) is 14.0. The first-order valence-corrected chi connectivity index (χ1v) is 7.42. The molecule has 0 aliphatic rings. The van der Waals surface area contributed by atoms with Crippen molar-refractivity contribution in [3.05, 3.63) is 0 Å². The third-order valence-corrected chi connectivity index (χ3v) is 2.57. The predicted molar refractivity (Wildman–Crippen MR) is 84.4 cm³/mol. The van der Waals surface area contributed by atoms with Gasteiger partial charge in [-0.3, -0.25) is 9.98 Å². The molecule has 0 radical (unpaired) electrons. The van der Waals surface area contributed by atoms with Crippen molar-refractivity contribution in [2.24, 2.45) is 21.5 Å². The molecule has 0 spiro atoms. The molecule has 0 atom stereocenters. The zero-order valence-electron chi connectivity index (χ0n) is 12.9. The molecule has 0 aromatic rings. The Hall–Kier alpha value is -0.820. The number of nitrogens with two attached hydrogens (primary N) is 2. The zero-order valence-corrected chi connectivity index (χ0v) is 12.9. The summed E-state index contributed by atoms with van der Waals surface area (Å²) in [6, 6.07) is 0. The summed E-state index contributed by atoms with van der Waals surface area (Å²) in [4.78, 5) is 9.11. The van der Waals surface area contributed by atoms with Gasteiger partial charge in [0.05, 0.1) is 37.9 Å². The van der Waals surface area contributed by atoms with Crippen LogP contribution in [0.15, 0.2) is 9.98 Å². The van der Waals surface area contributed by atoms with E-state index < -0.39 is 0 Å². The van der Waals surface area contributed by atoms with Gasteiger partial charge >= 0.3 is 0 Å². The summed E-state index contributed by atoms with van der Waals surface area (Å²) < 4.78 is 10.4. The molecule has 6 nitrogen and oxygen atoms in total. The molecule has 0 unspecified atom stereocenters. The van der Waals surface area contributed by atoms with E-state index in [1.807, 2.05) is 0 Å². The second-order valence-corrected chi connectivity index (χ2v) is 4.33. The molecule has 0 aromatic carbocycles. The van der Waals surface area contributed by atoms with Gasteiger partial charge in [-0.25, -0.2) is 0 Å². The molecule has 0 heterocycles. The highest BCUT2D eigenvalue weighted by Gasteiger charge is 2.07. The van der Waals surface area contributed by atoms with E-state index in [0.717, 1.165) is 37.1 Å². The summed E-state index contributed by atoms with van der Waals surface area (Å²) in [6.07, 6.45) is 3.93. The van der Waals surface area contributed by atoms with Gasteiger partial charge < -0.3 is 20.9 Å². The third-order valence-electron chi connectivity index (χ3n) is 2.57. The fourth-order valence-electron chi connectivity index (χ4n) is 1.70. The van der Waals surface area contributed by atoms with Crippen LogP contribution in [-0.4, -0.2) is 51.2 Å². The third kappa shape index (κ3) is 10.0. The SMILES string of the molecule is CCCC(=NCCOCN)/C(CCC)=N/COCCN. The van der Waals surface area contributed by atoms with Crippen molar-refractivity contribution in [1.29, 1.82) is 0 Å². The van der Waals surface area contributed by atoms with Gasteiger partial charge in [0.15, 0.2) is 0 Å². The van der Waals surface area contributed by atoms with E-state index in [2.05, 4.69) is 23.8 Å². The van der Waals surface area contributed by atoms with Crippen molar-refractivity contribution in [1.82, 2.24) is 0 Å². The van der Waals surface area contributed by atoms with Crippen LogP contribution in [0.1, 0.15) is 39.5 Å². The second-order valence-electron chi connectivity index (χ2n) is 4.33. The van der Waals surface area contributed by atoms with Gasteiger partial charge in [-0.2, -0.15) is 0 Å². The Balaban J connectivity index is 4.57. The highest BCUT2D eigenvalue weighted by Crippen LogP contribution is 2.03. The van der Waals surface area contributed by atoms with Crippen molar-refractivity contribution in [3.63, 3.8) is 0 Å². The highest BCUT2D eigenvalue weighted by atomic mass is 16.5. The topological polar surface area (TPSA) is 95.2 Å². The molecule has 0 aliphatic heterocycles. The second kappa shape index (κ2) is 14.6. The smallest absolute Gasteiger partial charge is 0.137 e. The van der Waals surface area contributed by atoms with Gasteiger partial charge in [-0.15, -0.1) is 0 Å². The van der Waals surface area contributed by atoms with Gasteiger partial charge in [0.1, 0.15) is 6.73 Å². The van der Waals surface area contributed by atoms with E-state index in [-0.39, 0.29) is 6.73 Å². The molecule has 6 heteroatoms. The normalized spacial score (nSPS) is 13.0. The van der Waals surface area contributed by atoms with Gasteiger partial charge in [-0.1, -0.05) is 26.7 Å². The van der Waals surface area contributed by atoms with Crippen molar-refractivity contribution < 1.29 is 9.47 Å². The predicted octanol–water partition coefficient (Wildman–Crippen LogP) is 1.33. The molecule has 0 amide bonds. The summed E-state index contributed by atoms with van der Waals surface area (Å²) in [5.41, 5.74) is 12.8. The summed E-state index contributed by atoms with van der Waals surface area (Å²) in [5, 5.41) is 0. The largest absolute Gasteiger partial charge is 0.365 e. The average molecular weight is 286 g/mol. The van der Waals surface area contributed by atoms with Crippen LogP contribution in [0, 0.1) is 0 Å². The van der Waals surface area contributed by atoms with Crippen LogP contribution >= 0.6 is 0 Å². The lowest BCUT2D eigenvalue weighted by Crippen LogP contribution is -2.18. The molecular weight excluding hydrogens is 256 g/mol. The molecule has 0 fully saturated rings. The minimum absolute atomic E-state index is 0.238. The zero-order chi connectivity index (χ0) is 15.1. The van der Waals surface area contributed by atoms with Crippen molar-refractivity contribution in [3.8, 4) is 0 Å². The fourth-order valence-corrected chi connectivity index (χ4v) is 1.70. The van der Waals surface area contributed by atoms with Crippen LogP contribution < -0.4 is 11.5 Å². The summed E-state index contributed by atoms with van der Waals surface area (Å²) in [5.74, 6) is 0. The molecule has 118 valence electrons. The first-order valence-electron chi connectivity index (χ1n) is 7.42. The number of hydrogen-bond acceptors (Lipinski definition) is 6. The lowest BCUT2D eigenvalue weighted by molar-refractivity contribution is 0.149. The Morgan fingerprint density at radius 1 is 0.900 bits per heavy atom. The van der Waals surface area contributed by atoms with E-state index in [1.165, 1.54) is 0 Å². The molecule has 0 aliphatic carbocycles. The summed E-state index contributed by atoms with van der Waals surface area (Å²) in [7, 11) is 0. The average Bonchev–Trinajstić information content (AvgIpc) is 2.46. The number of hydrogen-bond donors (Lipinski definition) is 2. The highest BCUT2D eigenvalue weighted by molar-refractivity contribution is 6.42. The number of rotatable bonds is 13. The standard InChI is InChI=1S/C14H30N4O2/c1-3-5-13(17-8-10-19-11-16)14(6-4-2)18-12-20-9-7-15/h3-12,15-16H2,1-2H3/b17-13?,18-14+. The lowest BCUT2D eigenvalue weighted by Gasteiger charge is -2.10. The molecule has 0 saturated heterocycles. The quantitative estimate of drug-likeness (QED) is 0.303. The van der Waals surface area contributed by atoms with Crippen LogP contribution in [0.2, 0.25) is 0 Å². The van der Waals surface area contributed by atoms with Crippen molar-refractivity contribution in [2.75, 3.05) is 39.8 Å². The number of ether oxygens (including phenoxy) is 2. The number of aliphatic imine (C=N–C) groups is 2. The van der Waals surface area contributed by atoms with Crippen molar-refractivity contribution >= 4 is 11.4 Å². The van der Waals surface area contributed by atoms with Crippen LogP contribution in [0.4, 0.5) is 0 Å². The minimum Gasteiger partial charge on any atom is -0.365 e. The maximum absolute atomic E-state index is 5.38.